The molecular formula is C49H77N17O10. The molecule has 0 aliphatic rings. The summed E-state index contributed by atoms with van der Waals surface area (Å²) in [5, 5.41) is 36.5. The molecule has 3 aromatic rings. The molecule has 0 aliphatic heterocycles. The molecule has 0 bridgehead atoms. The number of carboxylic acid groups (broad SMARTS) is 1. The fourth-order valence-corrected chi connectivity index (χ4v) is 7.94. The van der Waals surface area contributed by atoms with Crippen LogP contribution in [0.25, 0.3) is 10.9 Å². The molecule has 1 aromatic heterocycles. The first-order chi connectivity index (χ1) is 36.2. The molecule has 0 aliphatic carbocycles. The van der Waals surface area contributed by atoms with Crippen molar-refractivity contribution >= 4 is 70.1 Å². The van der Waals surface area contributed by atoms with Crippen LogP contribution >= 0.6 is 0 Å². The maximum atomic E-state index is 14.4. The van der Waals surface area contributed by atoms with Crippen molar-refractivity contribution in [2.75, 3.05) is 26.2 Å². The standard InChI is InChI=1S/C49H77N17O10/c50-21-5-3-10-32(52)41(69)65-38(25-28-15-17-30(67)18-16-28)46(74)63-34(12-4-6-22-51)42(70)61-35(13-7-23-58-48(54)55)43(71)64-37(19-20-40(53)68)45(73)62-36(14-8-24-59-49(56)57)44(72)66-39(47(75)76)26-29-27-60-33-11-2-1-9-31(29)33/h1-2,9,11,15-18,27,32,34-39,60,67H,3-8,10,12-14,19-26,50-52H2,(H2,53,68)(H,61,70)(H,62,73)(H,63,74)(H,64,71)(H,65,69)(H,66,72)(H,75,76)(H4,54,55,58)(H4,56,57,59)/t32-,34-,35-,36-,37-,38-,39-/m0/s1. The second kappa shape index (κ2) is 33.0. The fourth-order valence-electron chi connectivity index (χ4n) is 7.94. The molecule has 0 saturated carbocycles. The summed E-state index contributed by atoms with van der Waals surface area (Å²) in [6.07, 6.45) is 2.86. The van der Waals surface area contributed by atoms with E-state index < -0.39 is 96.0 Å². The van der Waals surface area contributed by atoms with Crippen LogP contribution in [0.1, 0.15) is 88.2 Å². The molecule has 1 heterocycles. The molecule has 0 spiro atoms. The molecule has 27 nitrogen and oxygen atoms in total. The number of carbonyl (C=O) groups is 8. The average Bonchev–Trinajstić information content (AvgIpc) is 3.78. The lowest BCUT2D eigenvalue weighted by Crippen LogP contribution is -2.60. The quantitative estimate of drug-likeness (QED) is 0.0153. The molecular weight excluding hydrogens is 987 g/mol. The SMILES string of the molecule is NCCCC[C@H](NC(=O)[C@H](Cc1ccc(O)cc1)NC(=O)[C@@H](N)CCCCN)C(=O)N[C@@H](CCCN=C(N)N)C(=O)N[C@@H](CCC(N)=O)C(=O)N[C@@H](CCCN=C(N)N)C(=O)N[C@@H](Cc1c[nH]c2ccccc12)C(=O)O. The average molecular weight is 1060 g/mol. The molecule has 25 N–H and O–H groups in total. The number of aromatic amines is 1. The van der Waals surface area contributed by atoms with E-state index in [1.165, 1.54) is 12.1 Å². The molecule has 0 saturated heterocycles. The number of nitrogens with zero attached hydrogens (tertiary/aromatic N) is 2. The van der Waals surface area contributed by atoms with Gasteiger partial charge in [0.2, 0.25) is 41.4 Å². The number of nitrogens with two attached hydrogens (primary N) is 8. The molecule has 7 amide bonds. The van der Waals surface area contributed by atoms with E-state index in [4.69, 9.17) is 45.9 Å². The lowest BCUT2D eigenvalue weighted by molar-refractivity contribution is -0.142. The summed E-state index contributed by atoms with van der Waals surface area (Å²) in [6.45, 7) is 0.673. The number of phenolic OH excluding ortho intramolecular Hbond substituents is 1. The van der Waals surface area contributed by atoms with E-state index in [9.17, 15) is 48.6 Å². The fraction of sp³-hybridized carbons (Fsp3) is 0.510. The summed E-state index contributed by atoms with van der Waals surface area (Å²) < 4.78 is 0. The summed E-state index contributed by atoms with van der Waals surface area (Å²) in [7, 11) is 0. The first-order valence-corrected chi connectivity index (χ1v) is 25.2. The number of amides is 7. The summed E-state index contributed by atoms with van der Waals surface area (Å²) in [5.41, 5.74) is 47.0. The third-order valence-corrected chi connectivity index (χ3v) is 12.1. The van der Waals surface area contributed by atoms with Gasteiger partial charge in [0.15, 0.2) is 11.9 Å². The lowest BCUT2D eigenvalue weighted by atomic mass is 10.0. The first-order valence-electron chi connectivity index (χ1n) is 25.2. The van der Waals surface area contributed by atoms with E-state index in [-0.39, 0.29) is 95.1 Å². The highest BCUT2D eigenvalue weighted by atomic mass is 16.4. The van der Waals surface area contributed by atoms with Crippen LogP contribution in [-0.4, -0.2) is 143 Å². The number of carboxylic acids is 1. The van der Waals surface area contributed by atoms with Gasteiger partial charge in [-0.15, -0.1) is 0 Å². The van der Waals surface area contributed by atoms with Crippen LogP contribution in [0.2, 0.25) is 0 Å². The Kier molecular flexibility index (Phi) is 27.0. The van der Waals surface area contributed by atoms with Gasteiger partial charge in [-0.3, -0.25) is 43.5 Å². The van der Waals surface area contributed by atoms with Gasteiger partial charge in [0.25, 0.3) is 0 Å². The highest BCUT2D eigenvalue weighted by Crippen LogP contribution is 2.20. The summed E-state index contributed by atoms with van der Waals surface area (Å²) in [6, 6.07) is 3.64. The van der Waals surface area contributed by atoms with Crippen LogP contribution in [-0.2, 0) is 51.2 Å². The Morgan fingerprint density at radius 2 is 0.974 bits per heavy atom. The van der Waals surface area contributed by atoms with Crippen molar-refractivity contribution in [3.63, 3.8) is 0 Å². The van der Waals surface area contributed by atoms with Gasteiger partial charge in [-0.25, -0.2) is 4.79 Å². The number of H-pyrrole nitrogens is 1. The predicted octanol–water partition coefficient (Wildman–Crippen LogP) is -3.39. The van der Waals surface area contributed by atoms with E-state index in [1.54, 1.807) is 42.6 Å². The minimum absolute atomic E-state index is 0.00548. The number of primary amides is 1. The molecule has 418 valence electrons. The van der Waals surface area contributed by atoms with Gasteiger partial charge >= 0.3 is 5.97 Å². The Balaban J connectivity index is 1.94. The number of aliphatic carboxylic acids is 1. The van der Waals surface area contributed by atoms with Crippen LogP contribution in [0, 0.1) is 0 Å². The zero-order chi connectivity index (χ0) is 56.2. The maximum absolute atomic E-state index is 14.4. The minimum atomic E-state index is -1.57. The van der Waals surface area contributed by atoms with Crippen LogP contribution in [0.3, 0.4) is 0 Å². The number of hydrogen-bond donors (Lipinski definition) is 17. The van der Waals surface area contributed by atoms with Crippen molar-refractivity contribution in [3.8, 4) is 5.75 Å². The van der Waals surface area contributed by atoms with Gasteiger partial charge in [0, 0.05) is 49.5 Å². The van der Waals surface area contributed by atoms with Crippen LogP contribution in [0.4, 0.5) is 0 Å². The minimum Gasteiger partial charge on any atom is -0.508 e. The van der Waals surface area contributed by atoms with E-state index in [0.29, 0.717) is 43.4 Å². The van der Waals surface area contributed by atoms with E-state index in [2.05, 4.69) is 46.9 Å². The number of rotatable bonds is 36. The van der Waals surface area contributed by atoms with E-state index in [0.717, 1.165) is 10.9 Å². The van der Waals surface area contributed by atoms with Crippen LogP contribution in [0.5, 0.6) is 5.75 Å². The van der Waals surface area contributed by atoms with Gasteiger partial charge in [0.05, 0.1) is 6.04 Å². The monoisotopic (exact) mass is 1060 g/mol. The first kappa shape index (κ1) is 62.3. The number of aromatic hydroxyl groups is 1. The van der Waals surface area contributed by atoms with E-state index in [1.807, 2.05) is 0 Å². The normalized spacial score (nSPS) is 13.8. The molecule has 76 heavy (non-hydrogen) atoms. The smallest absolute Gasteiger partial charge is 0.326 e. The lowest BCUT2D eigenvalue weighted by Gasteiger charge is -2.28. The zero-order valence-electron chi connectivity index (χ0n) is 42.6. The highest BCUT2D eigenvalue weighted by Gasteiger charge is 2.34. The summed E-state index contributed by atoms with van der Waals surface area (Å²) in [4.78, 5) is 120. The zero-order valence-corrected chi connectivity index (χ0v) is 42.6. The number of unbranched alkanes of at least 4 members (excludes halogenated alkanes) is 2. The molecule has 0 radical (unpaired) electrons. The number of benzene rings is 2. The van der Waals surface area contributed by atoms with Gasteiger partial charge in [-0.1, -0.05) is 36.8 Å². The number of phenols is 1. The van der Waals surface area contributed by atoms with E-state index >= 15 is 0 Å². The Bertz CT molecular complexity index is 2440. The summed E-state index contributed by atoms with van der Waals surface area (Å²) >= 11 is 0. The highest BCUT2D eigenvalue weighted by molar-refractivity contribution is 5.97. The van der Waals surface area contributed by atoms with Crippen molar-refractivity contribution in [3.05, 3.63) is 65.9 Å². The van der Waals surface area contributed by atoms with Gasteiger partial charge in [-0.05, 0) is 107 Å². The van der Waals surface area contributed by atoms with Crippen molar-refractivity contribution < 1.29 is 48.6 Å². The molecule has 0 fully saturated rings. The maximum Gasteiger partial charge on any atom is 0.326 e. The van der Waals surface area contributed by atoms with Crippen LogP contribution < -0.4 is 77.8 Å². The van der Waals surface area contributed by atoms with Crippen molar-refractivity contribution in [1.29, 1.82) is 0 Å². The third kappa shape index (κ3) is 22.6. The number of aromatic nitrogens is 1. The molecule has 3 rings (SSSR count). The predicted molar refractivity (Wildman–Crippen MR) is 285 cm³/mol. The number of fused-ring (bicyclic) bond motifs is 1. The van der Waals surface area contributed by atoms with Crippen molar-refractivity contribution in [2.45, 2.75) is 132 Å². The summed E-state index contributed by atoms with van der Waals surface area (Å²) in [5.74, 6) is -7.75. The van der Waals surface area contributed by atoms with Gasteiger partial charge < -0.3 is 93.0 Å². The number of hydrogen-bond acceptors (Lipinski definition) is 14. The topological polar surface area (TPSA) is 498 Å². The Morgan fingerprint density at radius 1 is 0.526 bits per heavy atom. The number of para-hydroxylation sites is 1. The molecule has 0 unspecified atom stereocenters. The second-order valence-electron chi connectivity index (χ2n) is 18.2. The Morgan fingerprint density at radius 3 is 1.46 bits per heavy atom. The number of aliphatic imine (C=N–C) groups is 2. The van der Waals surface area contributed by atoms with Gasteiger partial charge in [0.1, 0.15) is 42.0 Å². The second-order valence-corrected chi connectivity index (χ2v) is 18.2. The van der Waals surface area contributed by atoms with Crippen molar-refractivity contribution in [2.24, 2.45) is 55.9 Å². The number of carbonyl (C=O) groups excluding carboxylic acids is 7. The third-order valence-electron chi connectivity index (χ3n) is 12.1. The van der Waals surface area contributed by atoms with Crippen molar-refractivity contribution in [1.82, 2.24) is 36.9 Å². The molecule has 2 aromatic carbocycles. The number of nitrogens with one attached hydrogen (secondary N) is 7. The Hall–Kier alpha value is -8.04. The largest absolute Gasteiger partial charge is 0.508 e. The van der Waals surface area contributed by atoms with Gasteiger partial charge in [-0.2, -0.15) is 0 Å². The molecule has 27 heteroatoms. The Labute approximate surface area is 440 Å². The molecule has 7 atom stereocenters. The van der Waals surface area contributed by atoms with Crippen LogP contribution in [0.15, 0.2) is 64.7 Å². The number of guanidine groups is 2.